The number of aromatic nitrogens is 2. The minimum Gasteiger partial charge on any atom is -0.406 e. The van der Waals surface area contributed by atoms with Crippen LogP contribution in [0.3, 0.4) is 0 Å². The van der Waals surface area contributed by atoms with Crippen molar-refractivity contribution in [3.05, 3.63) is 64.3 Å². The molecule has 0 aliphatic carbocycles. The van der Waals surface area contributed by atoms with Crippen LogP contribution in [-0.2, 0) is 6.54 Å². The first-order valence-electron chi connectivity index (χ1n) is 5.98. The Hall–Kier alpha value is -2.47. The van der Waals surface area contributed by atoms with Gasteiger partial charge in [-0.1, -0.05) is 30.4 Å². The van der Waals surface area contributed by atoms with E-state index in [-0.39, 0.29) is 0 Å². The first kappa shape index (κ1) is 12.6. The molecule has 0 aliphatic rings. The van der Waals surface area contributed by atoms with Crippen molar-refractivity contribution in [1.29, 1.82) is 0 Å². The maximum atomic E-state index is 11.9. The summed E-state index contributed by atoms with van der Waals surface area (Å²) < 4.78 is 6.62. The van der Waals surface area contributed by atoms with Gasteiger partial charge in [-0.15, -0.1) is 0 Å². The van der Waals surface area contributed by atoms with E-state index >= 15 is 0 Å². The van der Waals surface area contributed by atoms with Gasteiger partial charge in [0.2, 0.25) is 0 Å². The Morgan fingerprint density at radius 3 is 3.00 bits per heavy atom. The van der Waals surface area contributed by atoms with Crippen molar-refractivity contribution in [3.63, 3.8) is 0 Å². The van der Waals surface area contributed by atoms with Gasteiger partial charge in [0.15, 0.2) is 11.2 Å². The summed E-state index contributed by atoms with van der Waals surface area (Å²) in [6.45, 7) is 0.360. The Kier molecular flexibility index (Phi) is 3.08. The molecular weight excluding hydrogens is 274 g/mol. The van der Waals surface area contributed by atoms with Gasteiger partial charge in [-0.2, -0.15) is 0 Å². The average Bonchev–Trinajstić information content (AvgIpc) is 2.76. The molecule has 0 spiro atoms. The lowest BCUT2D eigenvalue weighted by Crippen LogP contribution is -2.16. The van der Waals surface area contributed by atoms with E-state index in [0.29, 0.717) is 22.8 Å². The van der Waals surface area contributed by atoms with Crippen LogP contribution in [0, 0.1) is 0 Å². The number of oxazole rings is 1. The number of benzene rings is 1. The molecule has 6 heteroatoms. The minimum absolute atomic E-state index is 0.328. The van der Waals surface area contributed by atoms with Gasteiger partial charge in [-0.3, -0.25) is 4.57 Å². The van der Waals surface area contributed by atoms with E-state index in [4.69, 9.17) is 22.4 Å². The third-order valence-electron chi connectivity index (χ3n) is 2.98. The first-order valence-corrected chi connectivity index (χ1v) is 6.39. The van der Waals surface area contributed by atoms with E-state index in [1.807, 2.05) is 24.3 Å². The van der Waals surface area contributed by atoms with Gasteiger partial charge in [0.1, 0.15) is 4.99 Å². The van der Waals surface area contributed by atoms with Gasteiger partial charge < -0.3 is 10.2 Å². The smallest absolute Gasteiger partial charge is 0.406 e. The third-order valence-corrected chi connectivity index (χ3v) is 3.21. The number of hydrogen-bond donors (Lipinski definition) is 1. The summed E-state index contributed by atoms with van der Waals surface area (Å²) in [4.78, 5) is 16.4. The Morgan fingerprint density at radius 1 is 1.35 bits per heavy atom. The van der Waals surface area contributed by atoms with Crippen LogP contribution in [0.15, 0.2) is 51.8 Å². The highest BCUT2D eigenvalue weighted by Gasteiger charge is 2.10. The van der Waals surface area contributed by atoms with E-state index < -0.39 is 5.76 Å². The average molecular weight is 285 g/mol. The molecule has 0 aliphatic heterocycles. The molecule has 0 unspecified atom stereocenters. The van der Waals surface area contributed by atoms with Crippen LogP contribution in [0.25, 0.3) is 11.2 Å². The highest BCUT2D eigenvalue weighted by molar-refractivity contribution is 7.80. The van der Waals surface area contributed by atoms with E-state index in [9.17, 15) is 4.79 Å². The summed E-state index contributed by atoms with van der Waals surface area (Å²) in [7, 11) is 0. The highest BCUT2D eigenvalue weighted by atomic mass is 32.1. The zero-order valence-electron chi connectivity index (χ0n) is 10.4. The first-order chi connectivity index (χ1) is 9.65. The monoisotopic (exact) mass is 285 g/mol. The number of hydrogen-bond acceptors (Lipinski definition) is 4. The van der Waals surface area contributed by atoms with E-state index in [2.05, 4.69) is 4.98 Å². The molecule has 2 aromatic heterocycles. The Balaban J connectivity index is 2.05. The van der Waals surface area contributed by atoms with Crippen molar-refractivity contribution >= 4 is 28.4 Å². The molecule has 0 radical (unpaired) electrons. The van der Waals surface area contributed by atoms with Crippen molar-refractivity contribution in [2.75, 3.05) is 0 Å². The molecular formula is C14H11N3O2S. The molecule has 1 aromatic carbocycles. The highest BCUT2D eigenvalue weighted by Crippen LogP contribution is 2.12. The lowest BCUT2D eigenvalue weighted by Gasteiger charge is -2.04. The molecule has 5 nitrogen and oxygen atoms in total. The van der Waals surface area contributed by atoms with Crippen LogP contribution < -0.4 is 11.5 Å². The number of nitrogens with zero attached hydrogens (tertiary/aromatic N) is 2. The molecule has 0 bridgehead atoms. The largest absolute Gasteiger partial charge is 0.421 e. The molecule has 20 heavy (non-hydrogen) atoms. The van der Waals surface area contributed by atoms with Crippen LogP contribution in [-0.4, -0.2) is 14.5 Å². The zero-order valence-corrected chi connectivity index (χ0v) is 11.3. The van der Waals surface area contributed by atoms with Crippen molar-refractivity contribution in [2.45, 2.75) is 6.54 Å². The lowest BCUT2D eigenvalue weighted by molar-refractivity contribution is 0.517. The topological polar surface area (TPSA) is 74.0 Å². The normalized spacial score (nSPS) is 10.8. The summed E-state index contributed by atoms with van der Waals surface area (Å²) in [6, 6.07) is 10.9. The predicted octanol–water partition coefficient (Wildman–Crippen LogP) is 1.67. The van der Waals surface area contributed by atoms with Gasteiger partial charge in [0.25, 0.3) is 0 Å². The molecule has 0 fully saturated rings. The van der Waals surface area contributed by atoms with Gasteiger partial charge >= 0.3 is 5.76 Å². The molecule has 2 heterocycles. The second kappa shape index (κ2) is 4.90. The number of nitrogens with two attached hydrogens (primary N) is 1. The standard InChI is InChI=1S/C14H11N3O2S/c15-12(20)10-4-1-3-9(7-10)8-17-13-11(19-14(17)18)5-2-6-16-13/h1-7H,8H2,(H2,15,20). The predicted molar refractivity (Wildman–Crippen MR) is 79.7 cm³/mol. The lowest BCUT2D eigenvalue weighted by atomic mass is 10.1. The quantitative estimate of drug-likeness (QED) is 0.741. The molecule has 2 N–H and O–H groups in total. The SMILES string of the molecule is NC(=S)c1cccc(Cn2c(=O)oc3cccnc32)c1. The van der Waals surface area contributed by atoms with Gasteiger partial charge in [-0.05, 0) is 23.8 Å². The maximum Gasteiger partial charge on any atom is 0.421 e. The molecule has 3 aromatic rings. The molecule has 0 amide bonds. The van der Waals surface area contributed by atoms with Gasteiger partial charge in [0.05, 0.1) is 6.54 Å². The van der Waals surface area contributed by atoms with E-state index in [1.165, 1.54) is 4.57 Å². The molecule has 3 rings (SSSR count). The Morgan fingerprint density at radius 2 is 2.20 bits per heavy atom. The maximum absolute atomic E-state index is 11.9. The Bertz CT molecular complexity index is 851. The molecule has 0 saturated heterocycles. The van der Waals surface area contributed by atoms with Crippen LogP contribution >= 0.6 is 12.2 Å². The van der Waals surface area contributed by atoms with Crippen molar-refractivity contribution < 1.29 is 4.42 Å². The van der Waals surface area contributed by atoms with Crippen LogP contribution in [0.5, 0.6) is 0 Å². The summed E-state index contributed by atoms with van der Waals surface area (Å²) in [6.07, 6.45) is 1.62. The fourth-order valence-corrected chi connectivity index (χ4v) is 2.17. The zero-order chi connectivity index (χ0) is 14.1. The summed E-state index contributed by atoms with van der Waals surface area (Å²) in [5.41, 5.74) is 8.29. The van der Waals surface area contributed by atoms with E-state index in [0.717, 1.165) is 11.1 Å². The van der Waals surface area contributed by atoms with Crippen molar-refractivity contribution in [2.24, 2.45) is 5.73 Å². The number of rotatable bonds is 3. The summed E-state index contributed by atoms with van der Waals surface area (Å²) in [5, 5.41) is 0. The molecule has 0 atom stereocenters. The third kappa shape index (κ3) is 2.21. The van der Waals surface area contributed by atoms with Crippen LogP contribution in [0.4, 0.5) is 0 Å². The van der Waals surface area contributed by atoms with Crippen LogP contribution in [0.2, 0.25) is 0 Å². The minimum atomic E-state index is -0.431. The Labute approximate surface area is 119 Å². The van der Waals surface area contributed by atoms with Gasteiger partial charge in [-0.25, -0.2) is 9.78 Å². The second-order valence-corrected chi connectivity index (χ2v) is 4.78. The number of pyridine rings is 1. The van der Waals surface area contributed by atoms with Crippen molar-refractivity contribution in [1.82, 2.24) is 9.55 Å². The van der Waals surface area contributed by atoms with Crippen molar-refractivity contribution in [3.8, 4) is 0 Å². The summed E-state index contributed by atoms with van der Waals surface area (Å²) in [5.74, 6) is -0.431. The van der Waals surface area contributed by atoms with Crippen LogP contribution in [0.1, 0.15) is 11.1 Å². The second-order valence-electron chi connectivity index (χ2n) is 4.34. The fraction of sp³-hybridized carbons (Fsp3) is 0.0714. The summed E-state index contributed by atoms with van der Waals surface area (Å²) >= 11 is 4.95. The van der Waals surface area contributed by atoms with E-state index in [1.54, 1.807) is 18.3 Å². The number of fused-ring (bicyclic) bond motifs is 1. The molecule has 0 saturated carbocycles. The number of thiocarbonyl (C=S) groups is 1. The molecule has 100 valence electrons. The van der Waals surface area contributed by atoms with Gasteiger partial charge in [0, 0.05) is 11.8 Å². The fourth-order valence-electron chi connectivity index (χ4n) is 2.05.